The number of hydrogen-bond donors (Lipinski definition) is 0. The van der Waals surface area contributed by atoms with Gasteiger partial charge in [-0.2, -0.15) is 10.4 Å². The molecule has 3 nitrogen and oxygen atoms in total. The van der Waals surface area contributed by atoms with Gasteiger partial charge in [-0.25, -0.2) is 0 Å². The van der Waals surface area contributed by atoms with Gasteiger partial charge in [0.1, 0.15) is 6.04 Å². The van der Waals surface area contributed by atoms with E-state index < -0.39 is 0 Å². The lowest BCUT2D eigenvalue weighted by molar-refractivity contribution is 0.356. The average Bonchev–Trinajstić information content (AvgIpc) is 2.14. The molecule has 1 aliphatic heterocycles. The van der Waals surface area contributed by atoms with Crippen LogP contribution in [0.5, 0.6) is 0 Å². The maximum atomic E-state index is 8.33. The maximum Gasteiger partial charge on any atom is 0.141 e. The van der Waals surface area contributed by atoms with Gasteiger partial charge in [-0.05, 0) is 0 Å². The molecule has 0 saturated heterocycles. The van der Waals surface area contributed by atoms with Gasteiger partial charge in [0.2, 0.25) is 0 Å². The van der Waals surface area contributed by atoms with E-state index >= 15 is 0 Å². The van der Waals surface area contributed by atoms with Gasteiger partial charge in [0.25, 0.3) is 0 Å². The van der Waals surface area contributed by atoms with Gasteiger partial charge in [0.05, 0.1) is 6.07 Å². The second-order valence-electron chi connectivity index (χ2n) is 1.60. The average molecular weight is 108 g/mol. The third-order valence-corrected chi connectivity index (χ3v) is 1.05. The number of nitrogens with zero attached hydrogens (tertiary/aromatic N) is 3. The third kappa shape index (κ3) is 0.648. The van der Waals surface area contributed by atoms with Crippen LogP contribution in [0.15, 0.2) is 5.10 Å². The Morgan fingerprint density at radius 2 is 2.62 bits per heavy atom. The lowest BCUT2D eigenvalue weighted by atomic mass is 10.3. The lowest BCUT2D eigenvalue weighted by Gasteiger charge is -2.08. The summed E-state index contributed by atoms with van der Waals surface area (Å²) in [4.78, 5) is 0. The predicted molar refractivity (Wildman–Crippen MR) is 30.0 cm³/mol. The van der Waals surface area contributed by atoms with Gasteiger partial charge >= 0.3 is 0 Å². The van der Waals surface area contributed by atoms with Crippen LogP contribution in [-0.4, -0.2) is 24.3 Å². The van der Waals surface area contributed by atoms with E-state index in [2.05, 4.69) is 11.2 Å². The van der Waals surface area contributed by atoms with E-state index in [0.29, 0.717) is 0 Å². The smallest absolute Gasteiger partial charge is 0.141 e. The quantitative estimate of drug-likeness (QED) is 0.438. The molecule has 0 aromatic carbocycles. The van der Waals surface area contributed by atoms with Gasteiger partial charge < -0.3 is 0 Å². The molecule has 0 bridgehead atoms. The largest absolute Gasteiger partial charge is 0.282 e. The summed E-state index contributed by atoms with van der Waals surface area (Å²) in [5.41, 5.74) is 0. The third-order valence-electron chi connectivity index (χ3n) is 1.05. The zero-order valence-corrected chi connectivity index (χ0v) is 4.57. The van der Waals surface area contributed by atoms with E-state index in [9.17, 15) is 0 Å². The van der Waals surface area contributed by atoms with Crippen molar-refractivity contribution in [1.29, 1.82) is 5.26 Å². The summed E-state index contributed by atoms with van der Waals surface area (Å²) in [5, 5.41) is 13.8. The number of hydrogen-bond acceptors (Lipinski definition) is 3. The molecule has 8 heavy (non-hydrogen) atoms. The van der Waals surface area contributed by atoms with Crippen LogP contribution >= 0.6 is 0 Å². The van der Waals surface area contributed by atoms with Crippen LogP contribution in [0.4, 0.5) is 0 Å². The Bertz CT molecular complexity index is 144. The highest BCUT2D eigenvalue weighted by Crippen LogP contribution is 2.03. The minimum Gasteiger partial charge on any atom is -0.282 e. The van der Waals surface area contributed by atoms with Crippen molar-refractivity contribution < 1.29 is 0 Å². The molecule has 0 saturated carbocycles. The van der Waals surface area contributed by atoms with Gasteiger partial charge in [-0.15, -0.1) is 0 Å². The van der Waals surface area contributed by atoms with Crippen molar-refractivity contribution in [3.05, 3.63) is 6.42 Å². The van der Waals surface area contributed by atoms with Crippen LogP contribution in [0, 0.1) is 17.8 Å². The number of nitriles is 1. The first-order valence-corrected chi connectivity index (χ1v) is 2.34. The molecular formula is C5H6N3. The zero-order valence-electron chi connectivity index (χ0n) is 4.57. The van der Waals surface area contributed by atoms with E-state index in [4.69, 9.17) is 5.26 Å². The summed E-state index contributed by atoms with van der Waals surface area (Å²) >= 11 is 0. The molecule has 41 valence electrons. The highest BCUT2D eigenvalue weighted by molar-refractivity contribution is 5.71. The van der Waals surface area contributed by atoms with E-state index in [1.165, 1.54) is 0 Å². The molecule has 0 spiro atoms. The maximum absolute atomic E-state index is 8.33. The lowest BCUT2D eigenvalue weighted by Crippen LogP contribution is -2.19. The van der Waals surface area contributed by atoms with Gasteiger partial charge in [0.15, 0.2) is 0 Å². The van der Waals surface area contributed by atoms with Crippen LogP contribution in [0.1, 0.15) is 0 Å². The first kappa shape index (κ1) is 5.10. The second-order valence-corrected chi connectivity index (χ2v) is 1.60. The molecule has 1 aliphatic rings. The molecule has 0 aromatic heterocycles. The summed E-state index contributed by atoms with van der Waals surface area (Å²) in [6.07, 6.45) is 3.38. The van der Waals surface area contributed by atoms with E-state index in [1.807, 2.05) is 0 Å². The molecule has 1 radical (unpaired) electrons. The Hall–Kier alpha value is -1.04. The molecule has 0 aromatic rings. The van der Waals surface area contributed by atoms with Crippen molar-refractivity contribution in [3.8, 4) is 6.07 Å². The monoisotopic (exact) mass is 108 g/mol. The SMILES string of the molecule is CN1N=C[CH]C1C#N. The van der Waals surface area contributed by atoms with Crippen molar-refractivity contribution in [1.82, 2.24) is 5.01 Å². The van der Waals surface area contributed by atoms with E-state index in [-0.39, 0.29) is 6.04 Å². The van der Waals surface area contributed by atoms with Crippen LogP contribution < -0.4 is 0 Å². The van der Waals surface area contributed by atoms with Crippen molar-refractivity contribution in [2.75, 3.05) is 7.05 Å². The van der Waals surface area contributed by atoms with Crippen molar-refractivity contribution in [2.24, 2.45) is 5.10 Å². The van der Waals surface area contributed by atoms with Crippen LogP contribution in [0.2, 0.25) is 0 Å². The number of hydrazone groups is 1. The summed E-state index contributed by atoms with van der Waals surface area (Å²) in [6.45, 7) is 0. The zero-order chi connectivity index (χ0) is 5.98. The second kappa shape index (κ2) is 1.83. The Morgan fingerprint density at radius 3 is 2.88 bits per heavy atom. The van der Waals surface area contributed by atoms with Crippen molar-refractivity contribution in [2.45, 2.75) is 6.04 Å². The van der Waals surface area contributed by atoms with Crippen molar-refractivity contribution >= 4 is 6.21 Å². The summed E-state index contributed by atoms with van der Waals surface area (Å²) in [5.74, 6) is 0. The van der Waals surface area contributed by atoms with Crippen LogP contribution in [0.25, 0.3) is 0 Å². The number of rotatable bonds is 0. The molecule has 0 aliphatic carbocycles. The molecule has 1 unspecified atom stereocenters. The Balaban J connectivity index is 2.54. The topological polar surface area (TPSA) is 39.4 Å². The van der Waals surface area contributed by atoms with Crippen molar-refractivity contribution in [3.63, 3.8) is 0 Å². The first-order chi connectivity index (χ1) is 3.84. The Kier molecular flexibility index (Phi) is 1.17. The predicted octanol–water partition coefficient (Wildman–Crippen LogP) is 0.0141. The molecule has 1 rings (SSSR count). The minimum absolute atomic E-state index is 0.144. The fourth-order valence-electron chi connectivity index (χ4n) is 0.548. The van der Waals surface area contributed by atoms with Crippen LogP contribution in [0.3, 0.4) is 0 Å². The molecular weight excluding hydrogens is 102 g/mol. The van der Waals surface area contributed by atoms with Gasteiger partial charge in [-0.3, -0.25) is 5.01 Å². The molecule has 1 atom stereocenters. The fourth-order valence-corrected chi connectivity index (χ4v) is 0.548. The molecule has 0 amide bonds. The van der Waals surface area contributed by atoms with E-state index in [1.54, 1.807) is 24.7 Å². The molecule has 0 fully saturated rings. The Labute approximate surface area is 48.2 Å². The summed E-state index contributed by atoms with van der Waals surface area (Å²) in [6, 6.07) is 1.92. The van der Waals surface area contributed by atoms with Gasteiger partial charge in [0, 0.05) is 19.7 Å². The fraction of sp³-hybridized carbons (Fsp3) is 0.400. The van der Waals surface area contributed by atoms with Crippen LogP contribution in [-0.2, 0) is 0 Å². The molecule has 0 N–H and O–H groups in total. The highest BCUT2D eigenvalue weighted by atomic mass is 15.5. The summed E-state index contributed by atoms with van der Waals surface area (Å²) in [7, 11) is 1.77. The van der Waals surface area contributed by atoms with E-state index in [0.717, 1.165) is 0 Å². The van der Waals surface area contributed by atoms with Gasteiger partial charge in [-0.1, -0.05) is 0 Å². The Morgan fingerprint density at radius 1 is 1.88 bits per heavy atom. The highest BCUT2D eigenvalue weighted by Gasteiger charge is 2.14. The summed E-state index contributed by atoms with van der Waals surface area (Å²) < 4.78 is 0. The molecule has 1 heterocycles. The molecule has 3 heteroatoms. The minimum atomic E-state index is -0.144. The normalized spacial score (nSPS) is 26.0. The standard InChI is InChI=1S/C5H6N3/c1-8-5(4-6)2-3-7-8/h2-3,5H,1H3. The first-order valence-electron chi connectivity index (χ1n) is 2.34.